The summed E-state index contributed by atoms with van der Waals surface area (Å²) in [5.74, 6) is 0. The summed E-state index contributed by atoms with van der Waals surface area (Å²) in [6.07, 6.45) is 42.8. The van der Waals surface area contributed by atoms with Crippen LogP contribution in [-0.4, -0.2) is 21.8 Å². The Kier molecular flexibility index (Phi) is 34.7. The highest BCUT2D eigenvalue weighted by Crippen LogP contribution is 2.27. The Morgan fingerprint density at radius 3 is 0.659 bits per heavy atom. The topological polar surface area (TPSA) is 18.5 Å². The predicted molar refractivity (Wildman–Crippen MR) is 188 cm³/mol. The van der Waals surface area contributed by atoms with E-state index in [-0.39, 0.29) is 0 Å². The van der Waals surface area contributed by atoms with Crippen molar-refractivity contribution in [2.24, 2.45) is 0 Å². The lowest BCUT2D eigenvalue weighted by Gasteiger charge is -2.30. The van der Waals surface area contributed by atoms with E-state index in [1.165, 1.54) is 205 Å². The third-order valence-corrected chi connectivity index (χ3v) is 13.0. The Hall–Kier alpha value is 0.137. The molecule has 0 aliphatic heterocycles. The van der Waals surface area contributed by atoms with Crippen LogP contribution in [0.1, 0.15) is 220 Å². The quantitative estimate of drug-likeness (QED) is 0.0529. The third-order valence-electron chi connectivity index (χ3n) is 9.14. The summed E-state index contributed by atoms with van der Waals surface area (Å²) in [4.78, 5) is 0. The van der Waals surface area contributed by atoms with Gasteiger partial charge >= 0.3 is 8.56 Å². The zero-order chi connectivity index (χ0) is 30.0. The number of hydrogen-bond acceptors (Lipinski definition) is 2. The van der Waals surface area contributed by atoms with Crippen LogP contribution in [0.15, 0.2) is 0 Å². The Bertz CT molecular complexity index is 463. The molecule has 248 valence electrons. The van der Waals surface area contributed by atoms with E-state index in [4.69, 9.17) is 8.85 Å². The molecule has 0 fully saturated rings. The average molecular weight is 597 g/mol. The van der Waals surface area contributed by atoms with Gasteiger partial charge in [-0.25, -0.2) is 0 Å². The van der Waals surface area contributed by atoms with Gasteiger partial charge in [-0.1, -0.05) is 206 Å². The predicted octanol–water partition coefficient (Wildman–Crippen LogP) is 14.2. The van der Waals surface area contributed by atoms with E-state index >= 15 is 0 Å². The fraction of sp³-hybridized carbons (Fsp3) is 1.00. The first-order valence-corrected chi connectivity index (χ1v) is 21.8. The molecule has 0 amide bonds. The normalized spacial score (nSPS) is 12.0. The molecule has 0 aromatic rings. The summed E-state index contributed by atoms with van der Waals surface area (Å²) in [7, 11) is -2.00. The fourth-order valence-corrected chi connectivity index (χ4v) is 10.1. The van der Waals surface area contributed by atoms with Crippen LogP contribution in [0, 0.1) is 0 Å². The molecule has 0 heterocycles. The van der Waals surface area contributed by atoms with Gasteiger partial charge in [0.15, 0.2) is 0 Å². The van der Waals surface area contributed by atoms with E-state index in [1.807, 2.05) is 0 Å². The molecule has 3 heteroatoms. The summed E-state index contributed by atoms with van der Waals surface area (Å²) in [6.45, 7) is 10.6. The highest BCUT2D eigenvalue weighted by molar-refractivity contribution is 6.67. The van der Waals surface area contributed by atoms with Gasteiger partial charge in [-0.05, 0) is 25.9 Å². The first kappa shape index (κ1) is 41.1. The minimum Gasteiger partial charge on any atom is -0.394 e. The highest BCUT2D eigenvalue weighted by atomic mass is 28.4. The molecular formula is C38H80O2Si. The van der Waals surface area contributed by atoms with Gasteiger partial charge in [-0.2, -0.15) is 0 Å². The Morgan fingerprint density at radius 1 is 0.268 bits per heavy atom. The molecule has 0 rings (SSSR count). The van der Waals surface area contributed by atoms with Gasteiger partial charge in [-0.15, -0.1) is 0 Å². The van der Waals surface area contributed by atoms with Crippen LogP contribution in [-0.2, 0) is 8.85 Å². The van der Waals surface area contributed by atoms with Crippen LogP contribution < -0.4 is 0 Å². The molecule has 0 aromatic heterocycles. The minimum atomic E-state index is -2.00. The van der Waals surface area contributed by atoms with Crippen LogP contribution in [0.5, 0.6) is 0 Å². The highest BCUT2D eigenvalue weighted by Gasteiger charge is 2.35. The Balaban J connectivity index is 3.73. The van der Waals surface area contributed by atoms with Gasteiger partial charge in [-0.3, -0.25) is 0 Å². The van der Waals surface area contributed by atoms with Crippen molar-refractivity contribution in [3.8, 4) is 0 Å². The van der Waals surface area contributed by atoms with Gasteiger partial charge < -0.3 is 8.85 Å². The molecule has 0 aliphatic carbocycles. The summed E-state index contributed by atoms with van der Waals surface area (Å²) in [5.41, 5.74) is 0. The van der Waals surface area contributed by atoms with E-state index in [0.717, 1.165) is 13.2 Å². The van der Waals surface area contributed by atoms with E-state index in [9.17, 15) is 0 Å². The summed E-state index contributed by atoms with van der Waals surface area (Å²) in [6, 6.07) is 2.43. The molecule has 0 saturated heterocycles. The summed E-state index contributed by atoms with van der Waals surface area (Å²) in [5, 5.41) is 0. The van der Waals surface area contributed by atoms with Gasteiger partial charge in [0.1, 0.15) is 0 Å². The maximum absolute atomic E-state index is 6.42. The molecule has 0 aromatic carbocycles. The van der Waals surface area contributed by atoms with Crippen LogP contribution >= 0.6 is 0 Å². The molecule has 0 N–H and O–H groups in total. The van der Waals surface area contributed by atoms with E-state index < -0.39 is 8.56 Å². The summed E-state index contributed by atoms with van der Waals surface area (Å²) < 4.78 is 12.8. The third kappa shape index (κ3) is 30.0. The van der Waals surface area contributed by atoms with E-state index in [1.54, 1.807) is 0 Å². The van der Waals surface area contributed by atoms with Crippen molar-refractivity contribution in [1.82, 2.24) is 0 Å². The number of unbranched alkanes of at least 4 members (excludes halogenated alkanes) is 28. The van der Waals surface area contributed by atoms with Crippen molar-refractivity contribution in [2.75, 3.05) is 13.2 Å². The lowest BCUT2D eigenvalue weighted by atomic mass is 10.0. The standard InChI is InChI=1S/C38H80O2Si/c1-5-9-11-13-15-17-19-21-22-23-24-26-28-30-32-34-36-38-41(39-7-3,40-8-4)37-35-33-31-29-27-25-20-18-16-14-12-10-6-2/h5-38H2,1-4H3. The smallest absolute Gasteiger partial charge is 0.338 e. The van der Waals surface area contributed by atoms with Crippen molar-refractivity contribution >= 4 is 8.56 Å². The van der Waals surface area contributed by atoms with Gasteiger partial charge in [0.05, 0.1) is 0 Å². The number of rotatable bonds is 36. The first-order valence-electron chi connectivity index (χ1n) is 19.5. The maximum atomic E-state index is 6.42. The van der Waals surface area contributed by atoms with Crippen molar-refractivity contribution in [3.05, 3.63) is 0 Å². The van der Waals surface area contributed by atoms with Crippen molar-refractivity contribution < 1.29 is 8.85 Å². The van der Waals surface area contributed by atoms with E-state index in [0.29, 0.717) is 0 Å². The monoisotopic (exact) mass is 597 g/mol. The number of hydrogen-bond donors (Lipinski definition) is 0. The fourth-order valence-electron chi connectivity index (χ4n) is 6.51. The molecule has 0 spiro atoms. The van der Waals surface area contributed by atoms with E-state index in [2.05, 4.69) is 27.7 Å². The molecule has 0 atom stereocenters. The van der Waals surface area contributed by atoms with Crippen molar-refractivity contribution in [2.45, 2.75) is 232 Å². The SMILES string of the molecule is CCCCCCCCCCCCCCCCCCC[Si](CCCCCCCCCCCCCCC)(OCC)OCC. The largest absolute Gasteiger partial charge is 0.394 e. The van der Waals surface area contributed by atoms with Crippen LogP contribution in [0.3, 0.4) is 0 Å². The lowest BCUT2D eigenvalue weighted by molar-refractivity contribution is 0.180. The summed E-state index contributed by atoms with van der Waals surface area (Å²) >= 11 is 0. The van der Waals surface area contributed by atoms with Crippen LogP contribution in [0.4, 0.5) is 0 Å². The van der Waals surface area contributed by atoms with Gasteiger partial charge in [0, 0.05) is 13.2 Å². The van der Waals surface area contributed by atoms with Crippen molar-refractivity contribution in [3.63, 3.8) is 0 Å². The minimum absolute atomic E-state index is 0.823. The second-order valence-corrected chi connectivity index (χ2v) is 16.6. The Morgan fingerprint density at radius 2 is 0.463 bits per heavy atom. The Labute approximate surface area is 262 Å². The molecule has 0 radical (unpaired) electrons. The second-order valence-electron chi connectivity index (χ2n) is 13.2. The molecular weight excluding hydrogens is 517 g/mol. The van der Waals surface area contributed by atoms with Gasteiger partial charge in [0.25, 0.3) is 0 Å². The van der Waals surface area contributed by atoms with Gasteiger partial charge in [0.2, 0.25) is 0 Å². The first-order chi connectivity index (χ1) is 20.2. The van der Waals surface area contributed by atoms with Crippen LogP contribution in [0.25, 0.3) is 0 Å². The second kappa shape index (κ2) is 34.6. The van der Waals surface area contributed by atoms with Crippen molar-refractivity contribution in [1.29, 1.82) is 0 Å². The molecule has 0 aliphatic rings. The maximum Gasteiger partial charge on any atom is 0.338 e. The van der Waals surface area contributed by atoms with Crippen LogP contribution in [0.2, 0.25) is 12.1 Å². The molecule has 0 unspecified atom stereocenters. The molecule has 0 bridgehead atoms. The molecule has 41 heavy (non-hydrogen) atoms. The zero-order valence-corrected chi connectivity index (χ0v) is 30.4. The molecule has 0 saturated carbocycles. The molecule has 2 nitrogen and oxygen atoms in total. The average Bonchev–Trinajstić information content (AvgIpc) is 2.97. The lowest BCUT2D eigenvalue weighted by Crippen LogP contribution is -2.42. The zero-order valence-electron chi connectivity index (χ0n) is 29.4.